The van der Waals surface area contributed by atoms with Gasteiger partial charge < -0.3 is 19.5 Å². The lowest BCUT2D eigenvalue weighted by molar-refractivity contribution is -0.384. The van der Waals surface area contributed by atoms with Crippen LogP contribution in [0.5, 0.6) is 5.75 Å². The fourth-order valence-electron chi connectivity index (χ4n) is 2.37. The number of anilines is 1. The first kappa shape index (κ1) is 20.8. The first-order chi connectivity index (χ1) is 13.3. The lowest BCUT2D eigenvalue weighted by Crippen LogP contribution is -2.30. The van der Waals surface area contributed by atoms with E-state index >= 15 is 0 Å². The highest BCUT2D eigenvalue weighted by Gasteiger charge is 2.21. The molecular formula is C19H20N2O7. The van der Waals surface area contributed by atoms with Crippen molar-refractivity contribution in [1.82, 2.24) is 0 Å². The van der Waals surface area contributed by atoms with Gasteiger partial charge in [0.1, 0.15) is 5.75 Å². The predicted octanol–water partition coefficient (Wildman–Crippen LogP) is 2.93. The molecule has 0 spiro atoms. The average Bonchev–Trinajstić information content (AvgIpc) is 2.68. The molecule has 2 rings (SSSR count). The topological polar surface area (TPSA) is 117 Å². The molecule has 0 radical (unpaired) electrons. The lowest BCUT2D eigenvalue weighted by atomic mass is 10.1. The SMILES string of the molecule is COCc1cccc(C(=O)O[C@@H](C)C(=O)Nc2ccc([N+](=O)[O-])cc2OC)c1. The summed E-state index contributed by atoms with van der Waals surface area (Å²) in [5, 5.41) is 13.4. The van der Waals surface area contributed by atoms with E-state index in [0.29, 0.717) is 12.2 Å². The predicted molar refractivity (Wildman–Crippen MR) is 100 cm³/mol. The van der Waals surface area contributed by atoms with Crippen LogP contribution in [0.3, 0.4) is 0 Å². The highest BCUT2D eigenvalue weighted by Crippen LogP contribution is 2.29. The van der Waals surface area contributed by atoms with Crippen molar-refractivity contribution in [3.63, 3.8) is 0 Å². The average molecular weight is 388 g/mol. The number of carbonyl (C=O) groups is 2. The van der Waals surface area contributed by atoms with Gasteiger partial charge in [-0.05, 0) is 30.7 Å². The lowest BCUT2D eigenvalue weighted by Gasteiger charge is -2.15. The molecule has 0 aliphatic heterocycles. The monoisotopic (exact) mass is 388 g/mol. The summed E-state index contributed by atoms with van der Waals surface area (Å²) in [6, 6.07) is 10.5. The van der Waals surface area contributed by atoms with E-state index in [1.165, 1.54) is 32.2 Å². The van der Waals surface area contributed by atoms with Crippen molar-refractivity contribution < 1.29 is 28.7 Å². The Morgan fingerprint density at radius 2 is 1.93 bits per heavy atom. The molecule has 148 valence electrons. The summed E-state index contributed by atoms with van der Waals surface area (Å²) in [7, 11) is 2.87. The Bertz CT molecular complexity index is 882. The van der Waals surface area contributed by atoms with Crippen molar-refractivity contribution in [2.75, 3.05) is 19.5 Å². The molecule has 1 atom stereocenters. The van der Waals surface area contributed by atoms with Gasteiger partial charge in [-0.25, -0.2) is 4.79 Å². The molecule has 9 nitrogen and oxygen atoms in total. The van der Waals surface area contributed by atoms with Crippen LogP contribution < -0.4 is 10.1 Å². The maximum Gasteiger partial charge on any atom is 0.338 e. The van der Waals surface area contributed by atoms with Crippen LogP contribution in [-0.2, 0) is 20.9 Å². The first-order valence-corrected chi connectivity index (χ1v) is 8.28. The number of ether oxygens (including phenoxy) is 3. The van der Waals surface area contributed by atoms with Crippen LogP contribution in [0, 0.1) is 10.1 Å². The van der Waals surface area contributed by atoms with E-state index in [1.54, 1.807) is 31.4 Å². The number of hydrogen-bond donors (Lipinski definition) is 1. The van der Waals surface area contributed by atoms with Gasteiger partial charge in [0, 0.05) is 13.2 Å². The number of esters is 1. The Hall–Kier alpha value is -3.46. The van der Waals surface area contributed by atoms with Gasteiger partial charge in [0.15, 0.2) is 6.10 Å². The van der Waals surface area contributed by atoms with Crippen LogP contribution in [-0.4, -0.2) is 37.1 Å². The Balaban J connectivity index is 2.05. The van der Waals surface area contributed by atoms with E-state index in [4.69, 9.17) is 14.2 Å². The summed E-state index contributed by atoms with van der Waals surface area (Å²) in [6.07, 6.45) is -1.10. The van der Waals surface area contributed by atoms with E-state index < -0.39 is 22.9 Å². The number of non-ortho nitro benzene ring substituents is 1. The van der Waals surface area contributed by atoms with Crippen LogP contribution >= 0.6 is 0 Å². The highest BCUT2D eigenvalue weighted by atomic mass is 16.6. The Morgan fingerprint density at radius 3 is 2.57 bits per heavy atom. The number of amides is 1. The van der Waals surface area contributed by atoms with E-state index in [0.717, 1.165) is 5.56 Å². The molecule has 2 aromatic carbocycles. The molecule has 0 aromatic heterocycles. The quantitative estimate of drug-likeness (QED) is 0.420. The van der Waals surface area contributed by atoms with Crippen molar-refractivity contribution in [2.45, 2.75) is 19.6 Å². The van der Waals surface area contributed by atoms with Crippen molar-refractivity contribution >= 4 is 23.3 Å². The fourth-order valence-corrected chi connectivity index (χ4v) is 2.37. The third kappa shape index (κ3) is 5.27. The molecule has 0 bridgehead atoms. The molecule has 0 saturated heterocycles. The zero-order chi connectivity index (χ0) is 20.7. The summed E-state index contributed by atoms with van der Waals surface area (Å²) < 4.78 is 15.3. The third-order valence-corrected chi connectivity index (χ3v) is 3.78. The normalized spacial score (nSPS) is 11.4. The molecule has 1 N–H and O–H groups in total. The molecule has 9 heteroatoms. The van der Waals surface area contributed by atoms with Crippen LogP contribution in [0.1, 0.15) is 22.8 Å². The second kappa shape index (κ2) is 9.47. The fraction of sp³-hybridized carbons (Fsp3) is 0.263. The molecular weight excluding hydrogens is 368 g/mol. The molecule has 0 saturated carbocycles. The molecule has 1 amide bonds. The van der Waals surface area contributed by atoms with E-state index in [9.17, 15) is 19.7 Å². The number of nitro benzene ring substituents is 1. The smallest absolute Gasteiger partial charge is 0.338 e. The Labute approximate surface area is 161 Å². The van der Waals surface area contributed by atoms with Crippen LogP contribution in [0.4, 0.5) is 11.4 Å². The number of rotatable bonds is 8. The van der Waals surface area contributed by atoms with E-state index in [2.05, 4.69) is 5.32 Å². The molecule has 0 heterocycles. The second-order valence-electron chi connectivity index (χ2n) is 5.81. The number of nitro groups is 1. The third-order valence-electron chi connectivity index (χ3n) is 3.78. The summed E-state index contributed by atoms with van der Waals surface area (Å²) in [5.41, 5.74) is 1.14. The van der Waals surface area contributed by atoms with Gasteiger partial charge in [-0.15, -0.1) is 0 Å². The molecule has 0 unspecified atom stereocenters. The number of hydrogen-bond acceptors (Lipinski definition) is 7. The molecule has 2 aromatic rings. The molecule has 28 heavy (non-hydrogen) atoms. The van der Waals surface area contributed by atoms with Crippen molar-refractivity contribution in [3.05, 3.63) is 63.7 Å². The number of nitrogens with one attached hydrogen (secondary N) is 1. The van der Waals surface area contributed by atoms with Gasteiger partial charge in [-0.2, -0.15) is 0 Å². The Morgan fingerprint density at radius 1 is 1.18 bits per heavy atom. The van der Waals surface area contributed by atoms with Crippen molar-refractivity contribution in [2.24, 2.45) is 0 Å². The van der Waals surface area contributed by atoms with Gasteiger partial charge in [0.05, 0.1) is 36.0 Å². The summed E-state index contributed by atoms with van der Waals surface area (Å²) >= 11 is 0. The zero-order valence-electron chi connectivity index (χ0n) is 15.6. The minimum Gasteiger partial charge on any atom is -0.494 e. The molecule has 0 aliphatic rings. The number of methoxy groups -OCH3 is 2. The summed E-state index contributed by atoms with van der Waals surface area (Å²) in [6.45, 7) is 1.77. The number of nitrogens with zero attached hydrogens (tertiary/aromatic N) is 1. The van der Waals surface area contributed by atoms with Crippen LogP contribution in [0.2, 0.25) is 0 Å². The first-order valence-electron chi connectivity index (χ1n) is 8.28. The van der Waals surface area contributed by atoms with Gasteiger partial charge in [0.2, 0.25) is 0 Å². The van der Waals surface area contributed by atoms with Crippen molar-refractivity contribution in [1.29, 1.82) is 0 Å². The maximum absolute atomic E-state index is 12.3. The van der Waals surface area contributed by atoms with Gasteiger partial charge >= 0.3 is 5.97 Å². The highest BCUT2D eigenvalue weighted by molar-refractivity contribution is 5.98. The van der Waals surface area contributed by atoms with Crippen LogP contribution in [0.25, 0.3) is 0 Å². The van der Waals surface area contributed by atoms with E-state index in [-0.39, 0.29) is 17.1 Å². The summed E-state index contributed by atoms with van der Waals surface area (Å²) in [4.78, 5) is 34.9. The molecule has 0 aliphatic carbocycles. The largest absolute Gasteiger partial charge is 0.494 e. The maximum atomic E-state index is 12.3. The second-order valence-corrected chi connectivity index (χ2v) is 5.81. The molecule has 0 fully saturated rings. The van der Waals surface area contributed by atoms with Crippen molar-refractivity contribution in [3.8, 4) is 5.75 Å². The minimum atomic E-state index is -1.10. The van der Waals surface area contributed by atoms with Gasteiger partial charge in [-0.1, -0.05) is 12.1 Å². The van der Waals surface area contributed by atoms with E-state index in [1.807, 2.05) is 0 Å². The number of carbonyl (C=O) groups excluding carboxylic acids is 2. The standard InChI is InChI=1S/C19H20N2O7/c1-12(28-19(23)14-6-4-5-13(9-14)11-26-2)18(22)20-16-8-7-15(21(24)25)10-17(16)27-3/h4-10,12H,11H2,1-3H3,(H,20,22)/t12-/m0/s1. The summed E-state index contributed by atoms with van der Waals surface area (Å²) in [5.74, 6) is -1.14. The minimum absolute atomic E-state index is 0.119. The zero-order valence-corrected chi connectivity index (χ0v) is 15.6. The Kier molecular flexibility index (Phi) is 7.05. The number of benzene rings is 2. The van der Waals surface area contributed by atoms with Gasteiger partial charge in [-0.3, -0.25) is 14.9 Å². The van der Waals surface area contributed by atoms with Crippen LogP contribution in [0.15, 0.2) is 42.5 Å². The van der Waals surface area contributed by atoms with Gasteiger partial charge in [0.25, 0.3) is 11.6 Å².